The smallest absolute Gasteiger partial charge is 0.244 e. The van der Waals surface area contributed by atoms with Crippen LogP contribution in [0, 0.1) is 12.7 Å². The summed E-state index contributed by atoms with van der Waals surface area (Å²) in [7, 11) is -3.99. The van der Waals surface area contributed by atoms with Crippen LogP contribution < -0.4 is 5.32 Å². The number of aryl methyl sites for hydroxylation is 1. The molecule has 1 amide bonds. The molecular formula is C17H16ClFN2O3S. The molecule has 25 heavy (non-hydrogen) atoms. The van der Waals surface area contributed by atoms with Crippen molar-refractivity contribution in [3.8, 4) is 0 Å². The maximum atomic E-state index is 13.3. The average molecular weight is 383 g/mol. The first-order chi connectivity index (χ1) is 11.8. The van der Waals surface area contributed by atoms with E-state index in [1.54, 1.807) is 24.3 Å². The summed E-state index contributed by atoms with van der Waals surface area (Å²) >= 11 is 5.99. The van der Waals surface area contributed by atoms with Gasteiger partial charge in [0, 0.05) is 18.1 Å². The van der Waals surface area contributed by atoms with Crippen molar-refractivity contribution in [2.75, 3.05) is 13.1 Å². The van der Waals surface area contributed by atoms with Gasteiger partial charge in [-0.25, -0.2) is 12.8 Å². The summed E-state index contributed by atoms with van der Waals surface area (Å²) in [4.78, 5) is 12.4. The number of hydrogen-bond donors (Lipinski definition) is 1. The van der Waals surface area contributed by atoms with E-state index in [9.17, 15) is 17.6 Å². The van der Waals surface area contributed by atoms with E-state index in [-0.39, 0.29) is 23.5 Å². The third kappa shape index (κ3) is 3.40. The minimum atomic E-state index is -3.99. The molecule has 0 spiro atoms. The number of carbonyl (C=O) groups is 1. The maximum absolute atomic E-state index is 13.3. The standard InChI is InChI=1S/C17H16ClFN2O3S/c1-11-9-14(19)5-6-15(11)25(23,24)21-8-7-20-17(22)16(21)12-3-2-4-13(18)10-12/h2-6,9-10,16H,7-8H2,1H3,(H,20,22). The molecule has 0 aromatic heterocycles. The van der Waals surface area contributed by atoms with Crippen molar-refractivity contribution in [2.24, 2.45) is 0 Å². The molecule has 1 unspecified atom stereocenters. The molecule has 8 heteroatoms. The second-order valence-corrected chi connectivity index (χ2v) is 8.07. The van der Waals surface area contributed by atoms with E-state index < -0.39 is 27.8 Å². The van der Waals surface area contributed by atoms with Crippen LogP contribution >= 0.6 is 11.6 Å². The minimum absolute atomic E-state index is 0.0179. The molecule has 0 radical (unpaired) electrons. The Labute approximate surface area is 150 Å². The first-order valence-electron chi connectivity index (χ1n) is 7.62. The molecule has 1 heterocycles. The molecule has 2 aromatic rings. The Bertz CT molecular complexity index is 933. The Morgan fingerprint density at radius 3 is 2.68 bits per heavy atom. The number of hydrogen-bond acceptors (Lipinski definition) is 3. The van der Waals surface area contributed by atoms with Crippen LogP contribution in [0.25, 0.3) is 0 Å². The molecule has 3 rings (SSSR count). The number of nitrogens with zero attached hydrogens (tertiary/aromatic N) is 1. The topological polar surface area (TPSA) is 66.5 Å². The van der Waals surface area contributed by atoms with Crippen molar-refractivity contribution in [1.82, 2.24) is 9.62 Å². The fraction of sp³-hybridized carbons (Fsp3) is 0.235. The van der Waals surface area contributed by atoms with E-state index >= 15 is 0 Å². The van der Waals surface area contributed by atoms with Gasteiger partial charge in [-0.05, 0) is 48.4 Å². The van der Waals surface area contributed by atoms with Gasteiger partial charge in [0.15, 0.2) is 0 Å². The predicted molar refractivity (Wildman–Crippen MR) is 92.2 cm³/mol. The highest BCUT2D eigenvalue weighted by Gasteiger charge is 2.40. The zero-order chi connectivity index (χ0) is 18.2. The summed E-state index contributed by atoms with van der Waals surface area (Å²) in [6, 6.07) is 8.98. The van der Waals surface area contributed by atoms with Crippen molar-refractivity contribution >= 4 is 27.5 Å². The van der Waals surface area contributed by atoms with Crippen LogP contribution in [0.15, 0.2) is 47.4 Å². The van der Waals surface area contributed by atoms with Gasteiger partial charge >= 0.3 is 0 Å². The van der Waals surface area contributed by atoms with Crippen molar-refractivity contribution in [3.05, 3.63) is 64.4 Å². The third-order valence-corrected chi connectivity index (χ3v) is 6.32. The van der Waals surface area contributed by atoms with Crippen LogP contribution in [0.1, 0.15) is 17.2 Å². The monoisotopic (exact) mass is 382 g/mol. The van der Waals surface area contributed by atoms with Gasteiger partial charge in [0.05, 0.1) is 4.90 Å². The normalized spacial score (nSPS) is 18.8. The Hall–Kier alpha value is -1.96. The quantitative estimate of drug-likeness (QED) is 0.887. The molecule has 1 saturated heterocycles. The molecule has 1 aliphatic rings. The molecule has 1 N–H and O–H groups in total. The third-order valence-electron chi connectivity index (χ3n) is 4.06. The van der Waals surface area contributed by atoms with Crippen LogP contribution in [-0.4, -0.2) is 31.7 Å². The number of benzene rings is 2. The Morgan fingerprint density at radius 1 is 1.24 bits per heavy atom. The van der Waals surface area contributed by atoms with Crippen LogP contribution in [0.4, 0.5) is 4.39 Å². The van der Waals surface area contributed by atoms with Crippen LogP contribution in [0.5, 0.6) is 0 Å². The molecular weight excluding hydrogens is 367 g/mol. The second kappa shape index (κ2) is 6.74. The zero-order valence-electron chi connectivity index (χ0n) is 13.4. The second-order valence-electron chi connectivity index (χ2n) is 5.77. The van der Waals surface area contributed by atoms with E-state index in [0.29, 0.717) is 10.6 Å². The van der Waals surface area contributed by atoms with Crippen LogP contribution in [-0.2, 0) is 14.8 Å². The summed E-state index contributed by atoms with van der Waals surface area (Å²) in [6.07, 6.45) is 0. The fourth-order valence-corrected chi connectivity index (χ4v) is 4.91. The molecule has 0 aliphatic carbocycles. The number of rotatable bonds is 3. The molecule has 2 aromatic carbocycles. The van der Waals surface area contributed by atoms with E-state index in [4.69, 9.17) is 11.6 Å². The van der Waals surface area contributed by atoms with Gasteiger partial charge < -0.3 is 5.32 Å². The predicted octanol–water partition coefficient (Wildman–Crippen LogP) is 2.65. The lowest BCUT2D eigenvalue weighted by Crippen LogP contribution is -2.52. The average Bonchev–Trinajstić information content (AvgIpc) is 2.54. The molecule has 5 nitrogen and oxygen atoms in total. The summed E-state index contributed by atoms with van der Waals surface area (Å²) in [5.74, 6) is -0.934. The molecule has 0 saturated carbocycles. The highest BCUT2D eigenvalue weighted by molar-refractivity contribution is 7.89. The lowest BCUT2D eigenvalue weighted by atomic mass is 10.0. The fourth-order valence-electron chi connectivity index (χ4n) is 2.93. The van der Waals surface area contributed by atoms with Gasteiger partial charge in [0.25, 0.3) is 0 Å². The lowest BCUT2D eigenvalue weighted by Gasteiger charge is -2.34. The largest absolute Gasteiger partial charge is 0.353 e. The number of sulfonamides is 1. The first kappa shape index (κ1) is 17.8. The van der Waals surface area contributed by atoms with E-state index in [2.05, 4.69) is 5.32 Å². The molecule has 1 atom stereocenters. The van der Waals surface area contributed by atoms with Gasteiger partial charge in [0.2, 0.25) is 15.9 Å². The van der Waals surface area contributed by atoms with Gasteiger partial charge in [0.1, 0.15) is 11.9 Å². The zero-order valence-corrected chi connectivity index (χ0v) is 14.9. The van der Waals surface area contributed by atoms with Gasteiger partial charge in [-0.15, -0.1) is 0 Å². The van der Waals surface area contributed by atoms with Gasteiger partial charge in [-0.1, -0.05) is 23.7 Å². The van der Waals surface area contributed by atoms with E-state index in [1.165, 1.54) is 13.0 Å². The summed E-state index contributed by atoms with van der Waals surface area (Å²) < 4.78 is 40.7. The minimum Gasteiger partial charge on any atom is -0.353 e. The molecule has 132 valence electrons. The van der Waals surface area contributed by atoms with Gasteiger partial charge in [-0.3, -0.25) is 4.79 Å². The number of piperazine rings is 1. The van der Waals surface area contributed by atoms with Crippen LogP contribution in [0.3, 0.4) is 0 Å². The molecule has 1 fully saturated rings. The molecule has 0 bridgehead atoms. The number of nitrogens with one attached hydrogen (secondary N) is 1. The van der Waals surface area contributed by atoms with Crippen molar-refractivity contribution in [3.63, 3.8) is 0 Å². The van der Waals surface area contributed by atoms with Crippen LogP contribution in [0.2, 0.25) is 5.02 Å². The number of carbonyl (C=O) groups excluding carboxylic acids is 1. The first-order valence-corrected chi connectivity index (χ1v) is 9.43. The van der Waals surface area contributed by atoms with Crippen molar-refractivity contribution < 1.29 is 17.6 Å². The van der Waals surface area contributed by atoms with E-state index in [1.807, 2.05) is 0 Å². The lowest BCUT2D eigenvalue weighted by molar-refractivity contribution is -0.126. The Morgan fingerprint density at radius 2 is 2.00 bits per heavy atom. The summed E-state index contributed by atoms with van der Waals surface area (Å²) in [6.45, 7) is 1.84. The molecule has 1 aliphatic heterocycles. The van der Waals surface area contributed by atoms with Crippen molar-refractivity contribution in [2.45, 2.75) is 17.9 Å². The Balaban J connectivity index is 2.10. The van der Waals surface area contributed by atoms with Crippen molar-refractivity contribution in [1.29, 1.82) is 0 Å². The Kier molecular flexibility index (Phi) is 4.81. The number of halogens is 2. The maximum Gasteiger partial charge on any atom is 0.244 e. The van der Waals surface area contributed by atoms with E-state index in [0.717, 1.165) is 16.4 Å². The number of amides is 1. The van der Waals surface area contributed by atoms with Gasteiger partial charge in [-0.2, -0.15) is 4.31 Å². The SMILES string of the molecule is Cc1cc(F)ccc1S(=O)(=O)N1CCNC(=O)C1c1cccc(Cl)c1. The summed E-state index contributed by atoms with van der Waals surface area (Å²) in [5, 5.41) is 3.09. The highest BCUT2D eigenvalue weighted by atomic mass is 35.5. The highest BCUT2D eigenvalue weighted by Crippen LogP contribution is 2.32. The summed E-state index contributed by atoms with van der Waals surface area (Å²) in [5.41, 5.74) is 0.767.